The predicted molar refractivity (Wildman–Crippen MR) is 103 cm³/mol. The van der Waals surface area contributed by atoms with E-state index in [1.807, 2.05) is 24.3 Å². The Labute approximate surface area is 159 Å². The SMILES string of the molecule is COc1cc(OC)c(C2=CCN(Cc3cccnc3Cl)CC2)c(OC)c1. The fraction of sp³-hybridized carbons (Fsp3) is 0.350. The van der Waals surface area contributed by atoms with Crippen LogP contribution in [-0.4, -0.2) is 44.3 Å². The highest BCUT2D eigenvalue weighted by atomic mass is 35.5. The molecular formula is C20H23ClN2O3. The van der Waals surface area contributed by atoms with Crippen LogP contribution in [0.5, 0.6) is 17.2 Å². The van der Waals surface area contributed by atoms with E-state index in [1.165, 1.54) is 5.57 Å². The number of rotatable bonds is 6. The van der Waals surface area contributed by atoms with Crippen LogP contribution in [0.2, 0.25) is 5.15 Å². The van der Waals surface area contributed by atoms with Crippen molar-refractivity contribution < 1.29 is 14.2 Å². The minimum Gasteiger partial charge on any atom is -0.496 e. The molecule has 6 heteroatoms. The van der Waals surface area contributed by atoms with Gasteiger partial charge < -0.3 is 14.2 Å². The molecule has 0 atom stereocenters. The number of hydrogen-bond acceptors (Lipinski definition) is 5. The van der Waals surface area contributed by atoms with Gasteiger partial charge in [0.05, 0.1) is 26.9 Å². The van der Waals surface area contributed by atoms with Gasteiger partial charge in [0, 0.05) is 43.5 Å². The van der Waals surface area contributed by atoms with E-state index in [0.717, 1.165) is 48.7 Å². The quantitative estimate of drug-likeness (QED) is 0.714. The van der Waals surface area contributed by atoms with Gasteiger partial charge in [0.25, 0.3) is 0 Å². The van der Waals surface area contributed by atoms with E-state index in [0.29, 0.717) is 10.9 Å². The monoisotopic (exact) mass is 374 g/mol. The number of halogens is 1. The Morgan fingerprint density at radius 1 is 1.12 bits per heavy atom. The number of methoxy groups -OCH3 is 3. The number of ether oxygens (including phenoxy) is 3. The van der Waals surface area contributed by atoms with Crippen molar-refractivity contribution >= 4 is 17.2 Å². The summed E-state index contributed by atoms with van der Waals surface area (Å²) in [5.74, 6) is 2.24. The minimum atomic E-state index is 0.570. The highest BCUT2D eigenvalue weighted by Crippen LogP contribution is 2.41. The summed E-state index contributed by atoms with van der Waals surface area (Å²) in [4.78, 5) is 6.49. The van der Waals surface area contributed by atoms with Crippen LogP contribution in [0.25, 0.3) is 5.57 Å². The lowest BCUT2D eigenvalue weighted by Crippen LogP contribution is -2.28. The van der Waals surface area contributed by atoms with Crippen molar-refractivity contribution in [2.45, 2.75) is 13.0 Å². The van der Waals surface area contributed by atoms with E-state index in [1.54, 1.807) is 27.5 Å². The van der Waals surface area contributed by atoms with Crippen molar-refractivity contribution in [3.63, 3.8) is 0 Å². The molecule has 0 saturated carbocycles. The fourth-order valence-corrected chi connectivity index (χ4v) is 3.36. The average Bonchev–Trinajstić information content (AvgIpc) is 2.69. The third kappa shape index (κ3) is 3.94. The number of aromatic nitrogens is 1. The highest BCUT2D eigenvalue weighted by Gasteiger charge is 2.21. The van der Waals surface area contributed by atoms with Crippen molar-refractivity contribution in [1.82, 2.24) is 9.88 Å². The standard InChI is InChI=1S/C20H23ClN2O3/c1-24-16-11-17(25-2)19(18(12-16)26-3)14-6-9-23(10-7-14)13-15-5-4-8-22-20(15)21/h4-6,8,11-12H,7,9-10,13H2,1-3H3. The van der Waals surface area contributed by atoms with Gasteiger partial charge in [-0.1, -0.05) is 23.7 Å². The molecule has 3 rings (SSSR count). The van der Waals surface area contributed by atoms with Gasteiger partial charge in [0.2, 0.25) is 0 Å². The van der Waals surface area contributed by atoms with Crippen molar-refractivity contribution in [3.05, 3.63) is 52.8 Å². The van der Waals surface area contributed by atoms with Gasteiger partial charge in [-0.15, -0.1) is 0 Å². The largest absolute Gasteiger partial charge is 0.496 e. The zero-order valence-electron chi connectivity index (χ0n) is 15.3. The van der Waals surface area contributed by atoms with Crippen LogP contribution in [-0.2, 0) is 6.54 Å². The zero-order chi connectivity index (χ0) is 18.5. The van der Waals surface area contributed by atoms with Crippen LogP contribution in [0.4, 0.5) is 0 Å². The Balaban J connectivity index is 1.82. The number of benzene rings is 1. The first-order valence-corrected chi connectivity index (χ1v) is 8.85. The van der Waals surface area contributed by atoms with E-state index >= 15 is 0 Å². The molecule has 138 valence electrons. The van der Waals surface area contributed by atoms with Gasteiger partial charge in [-0.25, -0.2) is 4.98 Å². The van der Waals surface area contributed by atoms with Crippen LogP contribution in [0.15, 0.2) is 36.5 Å². The van der Waals surface area contributed by atoms with Gasteiger partial charge >= 0.3 is 0 Å². The summed E-state index contributed by atoms with van der Waals surface area (Å²) in [7, 11) is 4.96. The molecule has 1 aromatic heterocycles. The zero-order valence-corrected chi connectivity index (χ0v) is 16.0. The minimum absolute atomic E-state index is 0.570. The first-order chi connectivity index (χ1) is 12.7. The van der Waals surface area contributed by atoms with E-state index in [-0.39, 0.29) is 0 Å². The molecule has 2 heterocycles. The summed E-state index contributed by atoms with van der Waals surface area (Å²) in [6.07, 6.45) is 4.83. The molecule has 1 aliphatic rings. The Morgan fingerprint density at radius 2 is 1.85 bits per heavy atom. The smallest absolute Gasteiger partial charge is 0.133 e. The predicted octanol–water partition coefficient (Wildman–Crippen LogP) is 4.05. The average molecular weight is 375 g/mol. The van der Waals surface area contributed by atoms with Gasteiger partial charge in [-0.3, -0.25) is 4.90 Å². The number of hydrogen-bond donors (Lipinski definition) is 0. The lowest BCUT2D eigenvalue weighted by molar-refractivity contribution is 0.293. The third-order valence-corrected chi connectivity index (χ3v) is 4.90. The molecule has 0 amide bonds. The third-order valence-electron chi connectivity index (χ3n) is 4.56. The Hall–Kier alpha value is -2.24. The first kappa shape index (κ1) is 18.5. The molecule has 0 N–H and O–H groups in total. The topological polar surface area (TPSA) is 43.8 Å². The summed E-state index contributed by atoms with van der Waals surface area (Å²) < 4.78 is 16.5. The van der Waals surface area contributed by atoms with E-state index in [4.69, 9.17) is 25.8 Å². The van der Waals surface area contributed by atoms with Crippen molar-refractivity contribution in [2.24, 2.45) is 0 Å². The number of pyridine rings is 1. The molecule has 0 spiro atoms. The highest BCUT2D eigenvalue weighted by molar-refractivity contribution is 6.30. The van der Waals surface area contributed by atoms with Crippen LogP contribution in [0.3, 0.4) is 0 Å². The van der Waals surface area contributed by atoms with E-state index < -0.39 is 0 Å². The van der Waals surface area contributed by atoms with E-state index in [2.05, 4.69) is 16.0 Å². The van der Waals surface area contributed by atoms with Gasteiger partial charge in [-0.05, 0) is 18.1 Å². The molecule has 1 aromatic carbocycles. The fourth-order valence-electron chi connectivity index (χ4n) is 3.18. The Morgan fingerprint density at radius 3 is 2.38 bits per heavy atom. The molecule has 0 fully saturated rings. The normalized spacial score (nSPS) is 14.7. The molecule has 0 radical (unpaired) electrons. The maximum absolute atomic E-state index is 6.18. The Kier molecular flexibility index (Phi) is 6.01. The summed E-state index contributed by atoms with van der Waals surface area (Å²) in [6.45, 7) is 2.54. The van der Waals surface area contributed by atoms with E-state index in [9.17, 15) is 0 Å². The van der Waals surface area contributed by atoms with Crippen LogP contribution in [0.1, 0.15) is 17.5 Å². The lowest BCUT2D eigenvalue weighted by Gasteiger charge is -2.28. The second-order valence-corrected chi connectivity index (χ2v) is 6.43. The molecule has 0 saturated heterocycles. The van der Waals surface area contributed by atoms with Crippen molar-refractivity contribution in [3.8, 4) is 17.2 Å². The molecular weight excluding hydrogens is 352 g/mol. The maximum Gasteiger partial charge on any atom is 0.133 e. The van der Waals surface area contributed by atoms with Gasteiger partial charge in [0.1, 0.15) is 22.4 Å². The molecule has 0 unspecified atom stereocenters. The van der Waals surface area contributed by atoms with Crippen LogP contribution >= 0.6 is 11.6 Å². The molecule has 0 aliphatic carbocycles. The molecule has 1 aliphatic heterocycles. The summed E-state index contributed by atoms with van der Waals surface area (Å²) in [5, 5.41) is 0.570. The lowest BCUT2D eigenvalue weighted by atomic mass is 9.97. The number of nitrogens with zero attached hydrogens (tertiary/aromatic N) is 2. The second kappa shape index (κ2) is 8.43. The van der Waals surface area contributed by atoms with Crippen molar-refractivity contribution in [1.29, 1.82) is 0 Å². The second-order valence-electron chi connectivity index (χ2n) is 6.07. The van der Waals surface area contributed by atoms with Gasteiger partial charge in [0.15, 0.2) is 0 Å². The van der Waals surface area contributed by atoms with Crippen molar-refractivity contribution in [2.75, 3.05) is 34.4 Å². The molecule has 26 heavy (non-hydrogen) atoms. The maximum atomic E-state index is 6.18. The molecule has 2 aromatic rings. The molecule has 5 nitrogen and oxygen atoms in total. The summed E-state index contributed by atoms with van der Waals surface area (Å²) in [6, 6.07) is 7.71. The van der Waals surface area contributed by atoms with Gasteiger partial charge in [-0.2, -0.15) is 0 Å². The summed E-state index contributed by atoms with van der Waals surface area (Å²) >= 11 is 6.18. The summed E-state index contributed by atoms with van der Waals surface area (Å²) in [5.41, 5.74) is 3.26. The molecule has 0 bridgehead atoms. The van der Waals surface area contributed by atoms with Crippen LogP contribution < -0.4 is 14.2 Å². The Bertz CT molecular complexity index is 782. The first-order valence-electron chi connectivity index (χ1n) is 8.47. The van der Waals surface area contributed by atoms with Crippen LogP contribution in [0, 0.1) is 0 Å².